The van der Waals surface area contributed by atoms with Gasteiger partial charge in [0.25, 0.3) is 5.91 Å². The molecule has 1 amide bonds. The number of carboxylic acids is 1. The first-order valence-corrected chi connectivity index (χ1v) is 7.79. The molecule has 0 spiro atoms. The molecule has 24 heavy (non-hydrogen) atoms. The predicted octanol–water partition coefficient (Wildman–Crippen LogP) is 2.19. The van der Waals surface area contributed by atoms with Crippen LogP contribution in [0.5, 0.6) is 5.75 Å². The summed E-state index contributed by atoms with van der Waals surface area (Å²) in [6.45, 7) is 4.34. The Morgan fingerprint density at radius 3 is 2.79 bits per heavy atom. The number of benzene rings is 1. The lowest BCUT2D eigenvalue weighted by molar-refractivity contribution is -0.142. The second-order valence-electron chi connectivity index (χ2n) is 5.96. The Morgan fingerprint density at radius 1 is 1.38 bits per heavy atom. The van der Waals surface area contributed by atoms with E-state index in [0.29, 0.717) is 17.1 Å². The van der Waals surface area contributed by atoms with Crippen LogP contribution < -0.4 is 4.74 Å². The van der Waals surface area contributed by atoms with E-state index in [0.717, 1.165) is 0 Å². The van der Waals surface area contributed by atoms with Gasteiger partial charge in [0.05, 0.1) is 12.7 Å². The molecule has 1 aromatic heterocycles. The van der Waals surface area contributed by atoms with E-state index in [4.69, 9.17) is 4.74 Å². The number of H-pyrrole nitrogens is 1. The first kappa shape index (κ1) is 16.0. The molecule has 0 saturated carbocycles. The highest BCUT2D eigenvalue weighted by molar-refractivity contribution is 5.95. The van der Waals surface area contributed by atoms with E-state index in [1.165, 1.54) is 11.1 Å². The molecule has 0 radical (unpaired) electrons. The number of aliphatic carboxylic acids is 1. The summed E-state index contributed by atoms with van der Waals surface area (Å²) in [4.78, 5) is 33.2. The van der Waals surface area contributed by atoms with Crippen LogP contribution in [-0.4, -0.2) is 45.0 Å². The van der Waals surface area contributed by atoms with Gasteiger partial charge in [-0.3, -0.25) is 4.79 Å². The number of carboxylic acid groups (broad SMARTS) is 1. The van der Waals surface area contributed by atoms with Crippen LogP contribution in [0.3, 0.4) is 0 Å². The Balaban J connectivity index is 1.98. The van der Waals surface area contributed by atoms with Gasteiger partial charge in [-0.05, 0) is 6.07 Å². The summed E-state index contributed by atoms with van der Waals surface area (Å²) >= 11 is 0. The van der Waals surface area contributed by atoms with Crippen molar-refractivity contribution in [3.8, 4) is 5.75 Å². The van der Waals surface area contributed by atoms with Crippen molar-refractivity contribution in [3.05, 3.63) is 47.5 Å². The number of rotatable bonds is 3. The van der Waals surface area contributed by atoms with E-state index in [1.807, 2.05) is 13.8 Å². The van der Waals surface area contributed by atoms with E-state index in [1.54, 1.807) is 24.3 Å². The van der Waals surface area contributed by atoms with Gasteiger partial charge in [0.2, 0.25) is 0 Å². The number of aromatic amines is 1. The molecule has 7 nitrogen and oxygen atoms in total. The molecule has 0 aliphatic carbocycles. The second-order valence-corrected chi connectivity index (χ2v) is 5.96. The smallest absolute Gasteiger partial charge is 0.331 e. The zero-order valence-electron chi connectivity index (χ0n) is 13.5. The summed E-state index contributed by atoms with van der Waals surface area (Å²) in [7, 11) is 0. The molecule has 1 aliphatic heterocycles. The summed E-state index contributed by atoms with van der Waals surface area (Å²) in [5, 5.41) is 9.69. The maximum Gasteiger partial charge on any atom is 0.331 e. The highest BCUT2D eigenvalue weighted by atomic mass is 16.5. The first-order chi connectivity index (χ1) is 11.5. The summed E-state index contributed by atoms with van der Waals surface area (Å²) < 4.78 is 5.61. The standard InChI is InChI=1S/C17H19N3O4/c1-10(2)15-18-9-12(19-15)16(21)20-7-8-24-13-6-4-3-5-11(13)14(20)17(22)23/h3-6,9-10,14H,7-8H2,1-2H3,(H,18,19)(H,22,23). The summed E-state index contributed by atoms with van der Waals surface area (Å²) in [6, 6.07) is 5.80. The third-order valence-electron chi connectivity index (χ3n) is 3.98. The van der Waals surface area contributed by atoms with Crippen LogP contribution in [0.1, 0.15) is 47.7 Å². The first-order valence-electron chi connectivity index (χ1n) is 7.79. The normalized spacial score (nSPS) is 17.1. The molecule has 1 atom stereocenters. The minimum atomic E-state index is -1.10. The zero-order chi connectivity index (χ0) is 17.3. The Morgan fingerprint density at radius 2 is 2.12 bits per heavy atom. The minimum absolute atomic E-state index is 0.148. The quantitative estimate of drug-likeness (QED) is 0.900. The molecule has 0 fully saturated rings. The number of amides is 1. The topological polar surface area (TPSA) is 95.5 Å². The molecule has 1 unspecified atom stereocenters. The van der Waals surface area contributed by atoms with Crippen molar-refractivity contribution in [2.24, 2.45) is 0 Å². The van der Waals surface area contributed by atoms with Crippen molar-refractivity contribution >= 4 is 11.9 Å². The number of nitrogens with one attached hydrogen (secondary N) is 1. The minimum Gasteiger partial charge on any atom is -0.491 e. The fourth-order valence-corrected chi connectivity index (χ4v) is 2.77. The molecular weight excluding hydrogens is 310 g/mol. The number of hydrogen-bond donors (Lipinski definition) is 2. The molecule has 2 N–H and O–H groups in total. The summed E-state index contributed by atoms with van der Waals surface area (Å²) in [5.41, 5.74) is 0.753. The number of aromatic nitrogens is 2. The molecule has 1 aliphatic rings. The molecule has 1 aromatic carbocycles. The lowest BCUT2D eigenvalue weighted by atomic mass is 10.0. The average molecular weight is 329 g/mol. The molecule has 0 bridgehead atoms. The van der Waals surface area contributed by atoms with Crippen LogP contribution in [0, 0.1) is 0 Å². The predicted molar refractivity (Wildman–Crippen MR) is 86.0 cm³/mol. The van der Waals surface area contributed by atoms with Crippen LogP contribution in [-0.2, 0) is 4.79 Å². The van der Waals surface area contributed by atoms with Gasteiger partial charge in [0, 0.05) is 11.5 Å². The molecule has 3 rings (SSSR count). The van der Waals surface area contributed by atoms with Gasteiger partial charge in [0.15, 0.2) is 6.04 Å². The van der Waals surface area contributed by atoms with Crippen molar-refractivity contribution in [2.75, 3.05) is 13.2 Å². The molecule has 126 valence electrons. The Kier molecular flexibility index (Phi) is 4.24. The molecule has 2 heterocycles. The third-order valence-corrected chi connectivity index (χ3v) is 3.98. The average Bonchev–Trinajstić information content (AvgIpc) is 2.96. The van der Waals surface area contributed by atoms with Crippen LogP contribution >= 0.6 is 0 Å². The van der Waals surface area contributed by atoms with Crippen molar-refractivity contribution in [3.63, 3.8) is 0 Å². The fraction of sp³-hybridized carbons (Fsp3) is 0.353. The number of ether oxygens (including phenoxy) is 1. The van der Waals surface area contributed by atoms with Crippen LogP contribution in [0.4, 0.5) is 0 Å². The molecule has 0 saturated heterocycles. The SMILES string of the molecule is CC(C)c1ncc(C(=O)N2CCOc3ccccc3C2C(=O)O)[nH]1. The third kappa shape index (κ3) is 2.84. The maximum absolute atomic E-state index is 12.8. The second kappa shape index (κ2) is 6.35. The molecular formula is C17H19N3O4. The summed E-state index contributed by atoms with van der Waals surface area (Å²) in [5.74, 6) is -0.161. The zero-order valence-corrected chi connectivity index (χ0v) is 13.5. The Hall–Kier alpha value is -2.83. The van der Waals surface area contributed by atoms with E-state index in [2.05, 4.69) is 9.97 Å². The van der Waals surface area contributed by atoms with Gasteiger partial charge in [-0.15, -0.1) is 0 Å². The van der Waals surface area contributed by atoms with E-state index >= 15 is 0 Å². The van der Waals surface area contributed by atoms with Crippen molar-refractivity contribution < 1.29 is 19.4 Å². The van der Waals surface area contributed by atoms with Gasteiger partial charge < -0.3 is 19.7 Å². The highest BCUT2D eigenvalue weighted by Gasteiger charge is 2.36. The van der Waals surface area contributed by atoms with E-state index in [9.17, 15) is 14.7 Å². The van der Waals surface area contributed by atoms with Crippen LogP contribution in [0.25, 0.3) is 0 Å². The van der Waals surface area contributed by atoms with Gasteiger partial charge in [0.1, 0.15) is 23.9 Å². The van der Waals surface area contributed by atoms with Crippen LogP contribution in [0.2, 0.25) is 0 Å². The van der Waals surface area contributed by atoms with Gasteiger partial charge in [-0.2, -0.15) is 0 Å². The lowest BCUT2D eigenvalue weighted by Gasteiger charge is -2.26. The Labute approximate surface area is 139 Å². The highest BCUT2D eigenvalue weighted by Crippen LogP contribution is 2.33. The van der Waals surface area contributed by atoms with Gasteiger partial charge in [-0.1, -0.05) is 32.0 Å². The number of imidazole rings is 1. The number of carbonyl (C=O) groups is 2. The van der Waals surface area contributed by atoms with Crippen molar-refractivity contribution in [1.29, 1.82) is 0 Å². The van der Waals surface area contributed by atoms with Crippen molar-refractivity contribution in [2.45, 2.75) is 25.8 Å². The van der Waals surface area contributed by atoms with Crippen molar-refractivity contribution in [1.82, 2.24) is 14.9 Å². The number of nitrogens with zero attached hydrogens (tertiary/aromatic N) is 2. The lowest BCUT2D eigenvalue weighted by Crippen LogP contribution is -2.40. The number of carbonyl (C=O) groups excluding carboxylic acids is 1. The number of fused-ring (bicyclic) bond motifs is 1. The number of para-hydroxylation sites is 1. The fourth-order valence-electron chi connectivity index (χ4n) is 2.77. The van der Waals surface area contributed by atoms with Gasteiger partial charge >= 0.3 is 5.97 Å². The maximum atomic E-state index is 12.8. The number of hydrogen-bond acceptors (Lipinski definition) is 4. The monoisotopic (exact) mass is 329 g/mol. The van der Waals surface area contributed by atoms with Crippen LogP contribution in [0.15, 0.2) is 30.5 Å². The Bertz CT molecular complexity index is 769. The molecule has 7 heteroatoms. The van der Waals surface area contributed by atoms with E-state index < -0.39 is 17.9 Å². The molecule has 2 aromatic rings. The largest absolute Gasteiger partial charge is 0.491 e. The summed E-state index contributed by atoms with van der Waals surface area (Å²) in [6.07, 6.45) is 1.45. The van der Waals surface area contributed by atoms with Gasteiger partial charge in [-0.25, -0.2) is 9.78 Å². The van der Waals surface area contributed by atoms with E-state index in [-0.39, 0.29) is 24.8 Å².